The third-order valence-corrected chi connectivity index (χ3v) is 6.58. The van der Waals surface area contributed by atoms with Gasteiger partial charge in [-0.3, -0.25) is 14.7 Å². The minimum Gasteiger partial charge on any atom is -0.780 e. The number of hydrogen-bond donors (Lipinski definition) is 0. The summed E-state index contributed by atoms with van der Waals surface area (Å²) in [6, 6.07) is 10.6. The van der Waals surface area contributed by atoms with Crippen molar-refractivity contribution in [3.05, 3.63) is 48.5 Å². The second-order valence-electron chi connectivity index (χ2n) is 9.76. The maximum absolute atomic E-state index is 11.4. The number of phosphoric ester groups is 1. The van der Waals surface area contributed by atoms with Crippen LogP contribution in [0.3, 0.4) is 0 Å². The standard InChI is InChI=1S/C27H34N3O15P.Gd/c31-23(32)12-28(9-10-29(13-24(33)34)14-25(35)36)11-20(30(15-26(37)38)16-27(39)40)17-44-21-5-1-18(2-6-21)19-3-7-22(8-4-19)45-46(41,42)43;/h1-8,20H,9-17H2,(H,31,32)(H,33,34)(H,35,36)(H,37,38)(H,39,40)(H2,41,42,43);/q;+3/p-7. The molecule has 0 bridgehead atoms. The summed E-state index contributed by atoms with van der Waals surface area (Å²) in [5, 5.41) is 56.3. The monoisotopic (exact) mass is 822 g/mol. The van der Waals surface area contributed by atoms with E-state index >= 15 is 0 Å². The van der Waals surface area contributed by atoms with Gasteiger partial charge >= 0.3 is 39.9 Å². The molecular weight excluding hydrogens is 795 g/mol. The number of rotatable bonds is 22. The molecule has 0 N–H and O–H groups in total. The Bertz CT molecular complexity index is 1370. The van der Waals surface area contributed by atoms with E-state index in [-0.39, 0.29) is 71.1 Å². The van der Waals surface area contributed by atoms with Gasteiger partial charge in [-0.05, 0) is 35.4 Å². The summed E-state index contributed by atoms with van der Waals surface area (Å²) in [6.07, 6.45) is 0. The predicted octanol–water partition coefficient (Wildman–Crippen LogP) is -8.04. The third kappa shape index (κ3) is 17.5. The molecule has 0 aliphatic rings. The van der Waals surface area contributed by atoms with Crippen LogP contribution in [0.4, 0.5) is 0 Å². The molecule has 1 unspecified atom stereocenters. The molecule has 0 aliphatic heterocycles. The van der Waals surface area contributed by atoms with E-state index in [2.05, 4.69) is 4.52 Å². The average molecular weight is 822 g/mol. The minimum atomic E-state index is -5.23. The van der Waals surface area contributed by atoms with E-state index in [0.717, 1.165) is 14.7 Å². The molecule has 257 valence electrons. The van der Waals surface area contributed by atoms with Gasteiger partial charge in [0.25, 0.3) is 0 Å². The number of hydrogen-bond acceptors (Lipinski definition) is 18. The summed E-state index contributed by atoms with van der Waals surface area (Å²) in [6.45, 7) is -5.64. The van der Waals surface area contributed by atoms with Gasteiger partial charge in [0.1, 0.15) is 25.9 Å². The van der Waals surface area contributed by atoms with Gasteiger partial charge in [0, 0.05) is 52.4 Å². The third-order valence-electron chi connectivity index (χ3n) is 6.14. The van der Waals surface area contributed by atoms with E-state index < -0.39 is 83.0 Å². The Kier molecular flexibility index (Phi) is 17.9. The van der Waals surface area contributed by atoms with Crippen molar-refractivity contribution in [3.8, 4) is 22.6 Å². The molecule has 0 aromatic heterocycles. The summed E-state index contributed by atoms with van der Waals surface area (Å²) in [5.41, 5.74) is 1.22. The molecule has 0 heterocycles. The summed E-state index contributed by atoms with van der Waals surface area (Å²) >= 11 is 0. The fourth-order valence-corrected chi connectivity index (χ4v) is 4.65. The van der Waals surface area contributed by atoms with Crippen molar-refractivity contribution in [2.75, 3.05) is 59.0 Å². The van der Waals surface area contributed by atoms with E-state index in [4.69, 9.17) is 4.74 Å². The van der Waals surface area contributed by atoms with E-state index in [9.17, 15) is 63.9 Å². The van der Waals surface area contributed by atoms with Crippen LogP contribution in [0.25, 0.3) is 11.1 Å². The van der Waals surface area contributed by atoms with Gasteiger partial charge in [-0.25, -0.2) is 0 Å². The second kappa shape index (κ2) is 20.2. The van der Waals surface area contributed by atoms with Crippen LogP contribution in [0.5, 0.6) is 11.5 Å². The molecule has 20 heteroatoms. The molecule has 0 saturated heterocycles. The smallest absolute Gasteiger partial charge is 0.780 e. The van der Waals surface area contributed by atoms with Gasteiger partial charge < -0.3 is 73.1 Å². The van der Waals surface area contributed by atoms with Crippen LogP contribution in [0.1, 0.15) is 0 Å². The fraction of sp³-hybridized carbons (Fsp3) is 0.370. The number of ether oxygens (including phenoxy) is 1. The van der Waals surface area contributed by atoms with Crippen LogP contribution in [0.2, 0.25) is 0 Å². The maximum Gasteiger partial charge on any atom is 3.00 e. The Labute approximate surface area is 300 Å². The van der Waals surface area contributed by atoms with Crippen molar-refractivity contribution in [1.29, 1.82) is 0 Å². The summed E-state index contributed by atoms with van der Waals surface area (Å²) < 4.78 is 20.8. The Morgan fingerprint density at radius 2 is 1.00 bits per heavy atom. The molecule has 0 saturated carbocycles. The van der Waals surface area contributed by atoms with Crippen LogP contribution in [-0.2, 0) is 28.5 Å². The number of phosphoric acid groups is 1. The molecule has 1 atom stereocenters. The van der Waals surface area contributed by atoms with Gasteiger partial charge in [-0.15, -0.1) is 0 Å². The number of carboxylic acids is 5. The molecule has 0 fully saturated rings. The van der Waals surface area contributed by atoms with Gasteiger partial charge in [0.05, 0.1) is 35.9 Å². The first-order valence-corrected chi connectivity index (χ1v) is 14.7. The van der Waals surface area contributed by atoms with Crippen molar-refractivity contribution < 1.29 is 113 Å². The van der Waals surface area contributed by atoms with Gasteiger partial charge in [0.2, 0.25) is 0 Å². The molecule has 18 nitrogen and oxygen atoms in total. The normalized spacial score (nSPS) is 11.9. The van der Waals surface area contributed by atoms with Crippen LogP contribution in [0, 0.1) is 39.9 Å². The summed E-state index contributed by atoms with van der Waals surface area (Å²) in [7, 11) is -5.23. The minimum absolute atomic E-state index is 0. The van der Waals surface area contributed by atoms with Crippen LogP contribution in [0.15, 0.2) is 48.5 Å². The number of carboxylic acid groups (broad SMARTS) is 5. The van der Waals surface area contributed by atoms with E-state index in [0.29, 0.717) is 11.1 Å². The molecule has 47 heavy (non-hydrogen) atoms. The quantitative estimate of drug-likeness (QED) is 0.0997. The van der Waals surface area contributed by atoms with Crippen molar-refractivity contribution >= 4 is 37.7 Å². The maximum atomic E-state index is 11.4. The molecular formula is C27H27GdN3O15P-4. The largest absolute Gasteiger partial charge is 3.00 e. The number of benzene rings is 2. The zero-order valence-electron chi connectivity index (χ0n) is 24.3. The van der Waals surface area contributed by atoms with Gasteiger partial charge in [-0.2, -0.15) is 0 Å². The predicted molar refractivity (Wildman–Crippen MR) is 139 cm³/mol. The summed E-state index contributed by atoms with van der Waals surface area (Å²) in [4.78, 5) is 80.8. The van der Waals surface area contributed by atoms with Crippen molar-refractivity contribution in [3.63, 3.8) is 0 Å². The van der Waals surface area contributed by atoms with E-state index in [1.54, 1.807) is 12.1 Å². The van der Waals surface area contributed by atoms with Crippen LogP contribution in [-0.4, -0.2) is 110 Å². The molecule has 0 aliphatic carbocycles. The Hall–Kier alpha value is -3.26. The first kappa shape index (κ1) is 41.8. The number of carbonyl (C=O) groups is 5. The van der Waals surface area contributed by atoms with Gasteiger partial charge in [0.15, 0.2) is 0 Å². The number of carbonyl (C=O) groups excluding carboxylic acids is 5. The van der Waals surface area contributed by atoms with Crippen molar-refractivity contribution in [2.24, 2.45) is 0 Å². The molecule has 2 rings (SSSR count). The Balaban J connectivity index is 0.0000110. The number of nitrogens with zero attached hydrogens (tertiary/aromatic N) is 3. The topological polar surface area (TPSA) is 292 Å². The van der Waals surface area contributed by atoms with Crippen LogP contribution < -0.4 is 44.6 Å². The zero-order valence-corrected chi connectivity index (χ0v) is 27.5. The SMILES string of the molecule is O=C([O-])CN(CCN(CC(=O)[O-])CC(COc1ccc(-c2ccc(OP(=O)([O-])[O-])cc2)cc1)N(CC(=O)[O-])CC(=O)[O-])CC(=O)[O-].[Gd+3]. The van der Waals surface area contributed by atoms with Gasteiger partial charge in [-0.1, -0.05) is 24.3 Å². The van der Waals surface area contributed by atoms with Crippen LogP contribution >= 0.6 is 7.82 Å². The molecule has 0 amide bonds. The van der Waals surface area contributed by atoms with E-state index in [1.807, 2.05) is 0 Å². The second-order valence-corrected chi connectivity index (χ2v) is 10.8. The molecule has 1 radical (unpaired) electrons. The molecule has 2 aromatic rings. The first-order chi connectivity index (χ1) is 21.5. The first-order valence-electron chi connectivity index (χ1n) is 13.2. The molecule has 2 aromatic carbocycles. The summed E-state index contributed by atoms with van der Waals surface area (Å²) in [5.74, 6) is -8.11. The van der Waals surface area contributed by atoms with Crippen molar-refractivity contribution in [1.82, 2.24) is 14.7 Å². The number of aliphatic carboxylic acids is 5. The van der Waals surface area contributed by atoms with E-state index in [1.165, 1.54) is 36.4 Å². The Morgan fingerprint density at radius 1 is 0.617 bits per heavy atom. The average Bonchev–Trinajstić information content (AvgIpc) is 2.92. The van der Waals surface area contributed by atoms with Crippen molar-refractivity contribution in [2.45, 2.75) is 6.04 Å². The molecule has 0 spiro atoms. The Morgan fingerprint density at radius 3 is 1.40 bits per heavy atom. The fourth-order valence-electron chi connectivity index (χ4n) is 4.27. The zero-order chi connectivity index (χ0) is 34.4.